The van der Waals surface area contributed by atoms with Crippen LogP contribution < -0.4 is 5.32 Å². The topological polar surface area (TPSA) is 32.3 Å². The number of phenols is 1. The molecule has 1 unspecified atom stereocenters. The number of halogens is 1. The summed E-state index contributed by atoms with van der Waals surface area (Å²) in [5.41, 5.74) is 2.12. The third kappa shape index (κ3) is 3.99. The fourth-order valence-electron chi connectivity index (χ4n) is 2.48. The molecule has 2 nitrogen and oxygen atoms in total. The van der Waals surface area contributed by atoms with E-state index in [4.69, 9.17) is 11.6 Å². The van der Waals surface area contributed by atoms with Crippen LogP contribution in [0.5, 0.6) is 5.75 Å². The van der Waals surface area contributed by atoms with Crippen molar-refractivity contribution in [1.82, 2.24) is 5.32 Å². The molecule has 2 aromatic carbocycles. The predicted molar refractivity (Wildman–Crippen MR) is 88.6 cm³/mol. The molecule has 0 aromatic heterocycles. The first-order valence-electron chi connectivity index (χ1n) is 7.14. The average molecular weight is 304 g/mol. The summed E-state index contributed by atoms with van der Waals surface area (Å²) >= 11 is 5.96. The molecular formula is C18H22ClNO. The minimum Gasteiger partial charge on any atom is -0.506 e. The van der Waals surface area contributed by atoms with E-state index < -0.39 is 0 Å². The Kier molecular flexibility index (Phi) is 4.92. The van der Waals surface area contributed by atoms with Gasteiger partial charge in [0.1, 0.15) is 5.75 Å². The van der Waals surface area contributed by atoms with Gasteiger partial charge in [-0.05, 0) is 17.0 Å². The molecule has 3 heteroatoms. The summed E-state index contributed by atoms with van der Waals surface area (Å²) in [7, 11) is 0. The molecule has 1 atom stereocenters. The molecular weight excluding hydrogens is 282 g/mol. The Morgan fingerprint density at radius 3 is 2.33 bits per heavy atom. The highest BCUT2D eigenvalue weighted by molar-refractivity contribution is 6.32. The van der Waals surface area contributed by atoms with Crippen molar-refractivity contribution in [2.24, 2.45) is 5.41 Å². The van der Waals surface area contributed by atoms with Gasteiger partial charge in [0, 0.05) is 18.2 Å². The molecule has 0 fully saturated rings. The van der Waals surface area contributed by atoms with E-state index in [1.807, 2.05) is 30.3 Å². The van der Waals surface area contributed by atoms with Gasteiger partial charge in [-0.15, -0.1) is 0 Å². The Morgan fingerprint density at radius 1 is 1.05 bits per heavy atom. The minimum atomic E-state index is 0.0650. The lowest BCUT2D eigenvalue weighted by molar-refractivity contribution is 0.270. The molecule has 0 aliphatic carbocycles. The quantitative estimate of drug-likeness (QED) is 0.840. The van der Waals surface area contributed by atoms with Crippen molar-refractivity contribution in [3.8, 4) is 5.75 Å². The highest BCUT2D eigenvalue weighted by atomic mass is 35.5. The van der Waals surface area contributed by atoms with Crippen LogP contribution in [0.3, 0.4) is 0 Å². The largest absolute Gasteiger partial charge is 0.506 e. The van der Waals surface area contributed by atoms with E-state index in [1.54, 1.807) is 6.07 Å². The van der Waals surface area contributed by atoms with Crippen LogP contribution in [0.15, 0.2) is 48.5 Å². The molecule has 2 aromatic rings. The molecule has 0 amide bonds. The Morgan fingerprint density at radius 2 is 1.71 bits per heavy atom. The Hall–Kier alpha value is -1.51. The van der Waals surface area contributed by atoms with Crippen LogP contribution in [0.1, 0.15) is 37.9 Å². The SMILES string of the molecule is CC(C)(C)C(NCc1cccc(Cl)c1O)c1ccccc1. The van der Waals surface area contributed by atoms with E-state index in [0.29, 0.717) is 11.6 Å². The van der Waals surface area contributed by atoms with Gasteiger partial charge in [-0.3, -0.25) is 0 Å². The van der Waals surface area contributed by atoms with Crippen molar-refractivity contribution < 1.29 is 5.11 Å². The van der Waals surface area contributed by atoms with Gasteiger partial charge in [0.15, 0.2) is 0 Å². The van der Waals surface area contributed by atoms with Gasteiger partial charge >= 0.3 is 0 Å². The fraction of sp³-hybridized carbons (Fsp3) is 0.333. The molecule has 0 spiro atoms. The Balaban J connectivity index is 2.19. The summed E-state index contributed by atoms with van der Waals surface area (Å²) in [6.45, 7) is 7.18. The zero-order valence-corrected chi connectivity index (χ0v) is 13.5. The van der Waals surface area contributed by atoms with E-state index in [-0.39, 0.29) is 17.2 Å². The molecule has 0 saturated heterocycles. The number of rotatable bonds is 4. The van der Waals surface area contributed by atoms with Gasteiger partial charge < -0.3 is 10.4 Å². The fourth-order valence-corrected chi connectivity index (χ4v) is 2.68. The third-order valence-electron chi connectivity index (χ3n) is 3.57. The Bertz CT molecular complexity index is 590. The van der Waals surface area contributed by atoms with E-state index in [0.717, 1.165) is 5.56 Å². The predicted octanol–water partition coefficient (Wildman–Crippen LogP) is 4.92. The lowest BCUT2D eigenvalue weighted by Gasteiger charge is -2.32. The standard InChI is InChI=1S/C18H22ClNO/c1-18(2,3)17(13-8-5-4-6-9-13)20-12-14-10-7-11-15(19)16(14)21/h4-11,17,20-21H,12H2,1-3H3. The van der Waals surface area contributed by atoms with Crippen molar-refractivity contribution in [3.63, 3.8) is 0 Å². The minimum absolute atomic E-state index is 0.0650. The zero-order valence-electron chi connectivity index (χ0n) is 12.7. The van der Waals surface area contributed by atoms with Crippen molar-refractivity contribution in [2.75, 3.05) is 0 Å². The van der Waals surface area contributed by atoms with Gasteiger partial charge in [-0.1, -0.05) is 74.8 Å². The highest BCUT2D eigenvalue weighted by Gasteiger charge is 2.25. The van der Waals surface area contributed by atoms with Crippen LogP contribution >= 0.6 is 11.6 Å². The zero-order chi connectivity index (χ0) is 15.5. The lowest BCUT2D eigenvalue weighted by Crippen LogP contribution is -2.32. The third-order valence-corrected chi connectivity index (χ3v) is 3.87. The number of para-hydroxylation sites is 1. The van der Waals surface area contributed by atoms with Crippen LogP contribution in [-0.4, -0.2) is 5.11 Å². The maximum atomic E-state index is 10.0. The van der Waals surface area contributed by atoms with E-state index >= 15 is 0 Å². The van der Waals surface area contributed by atoms with Crippen LogP contribution in [0.25, 0.3) is 0 Å². The Labute approximate surface area is 131 Å². The maximum absolute atomic E-state index is 10.0. The first-order chi connectivity index (χ1) is 9.89. The molecule has 0 aliphatic heterocycles. The van der Waals surface area contributed by atoms with Crippen molar-refractivity contribution in [1.29, 1.82) is 0 Å². The molecule has 21 heavy (non-hydrogen) atoms. The van der Waals surface area contributed by atoms with Crippen LogP contribution in [-0.2, 0) is 6.54 Å². The summed E-state index contributed by atoms with van der Waals surface area (Å²) in [4.78, 5) is 0. The second kappa shape index (κ2) is 6.50. The number of hydrogen-bond donors (Lipinski definition) is 2. The number of benzene rings is 2. The van der Waals surface area contributed by atoms with Crippen molar-refractivity contribution in [2.45, 2.75) is 33.4 Å². The molecule has 0 heterocycles. The lowest BCUT2D eigenvalue weighted by atomic mass is 9.82. The summed E-state index contributed by atoms with van der Waals surface area (Å²) < 4.78 is 0. The molecule has 2 N–H and O–H groups in total. The summed E-state index contributed by atoms with van der Waals surface area (Å²) in [6.07, 6.45) is 0. The van der Waals surface area contributed by atoms with E-state index in [1.165, 1.54) is 5.56 Å². The van der Waals surface area contributed by atoms with Crippen LogP contribution in [0.4, 0.5) is 0 Å². The molecule has 2 rings (SSSR count). The van der Waals surface area contributed by atoms with Gasteiger partial charge in [0.25, 0.3) is 0 Å². The van der Waals surface area contributed by atoms with Crippen molar-refractivity contribution >= 4 is 11.6 Å². The number of phenolic OH excluding ortho intramolecular Hbond substituents is 1. The van der Waals surface area contributed by atoms with Crippen LogP contribution in [0, 0.1) is 5.41 Å². The molecule has 0 bridgehead atoms. The molecule has 0 radical (unpaired) electrons. The number of aromatic hydroxyl groups is 1. The molecule has 112 valence electrons. The maximum Gasteiger partial charge on any atom is 0.138 e. The van der Waals surface area contributed by atoms with E-state index in [2.05, 4.69) is 38.2 Å². The molecule has 0 saturated carbocycles. The smallest absolute Gasteiger partial charge is 0.138 e. The second-order valence-electron chi connectivity index (χ2n) is 6.34. The average Bonchev–Trinajstić information content (AvgIpc) is 2.43. The van der Waals surface area contributed by atoms with Gasteiger partial charge in [0.2, 0.25) is 0 Å². The number of nitrogens with one attached hydrogen (secondary N) is 1. The first kappa shape index (κ1) is 15.9. The van der Waals surface area contributed by atoms with Crippen molar-refractivity contribution in [3.05, 3.63) is 64.7 Å². The van der Waals surface area contributed by atoms with Crippen LogP contribution in [0.2, 0.25) is 5.02 Å². The number of hydrogen-bond acceptors (Lipinski definition) is 2. The second-order valence-corrected chi connectivity index (χ2v) is 6.75. The summed E-state index contributed by atoms with van der Waals surface area (Å²) in [5.74, 6) is 0.160. The highest BCUT2D eigenvalue weighted by Crippen LogP contribution is 2.34. The monoisotopic (exact) mass is 303 g/mol. The molecule has 0 aliphatic rings. The van der Waals surface area contributed by atoms with E-state index in [9.17, 15) is 5.11 Å². The first-order valence-corrected chi connectivity index (χ1v) is 7.52. The normalized spacial score (nSPS) is 13.1. The van der Waals surface area contributed by atoms with Gasteiger partial charge in [-0.25, -0.2) is 0 Å². The van der Waals surface area contributed by atoms with Gasteiger partial charge in [0.05, 0.1) is 5.02 Å². The summed E-state index contributed by atoms with van der Waals surface area (Å²) in [5, 5.41) is 13.9. The summed E-state index contributed by atoms with van der Waals surface area (Å²) in [6, 6.07) is 16.0. The van der Waals surface area contributed by atoms with Gasteiger partial charge in [-0.2, -0.15) is 0 Å².